The molecule has 0 radical (unpaired) electrons. The maximum Gasteiger partial charge on any atom is 0.253 e. The molecule has 2 aromatic rings. The topological polar surface area (TPSA) is 62.0 Å². The van der Waals surface area contributed by atoms with Gasteiger partial charge in [0.25, 0.3) is 11.5 Å². The van der Waals surface area contributed by atoms with Gasteiger partial charge in [0.15, 0.2) is 0 Å². The third kappa shape index (κ3) is 4.38. The molecular weight excluding hydrogens is 312 g/mol. The largest absolute Gasteiger partial charge is 0.348 e. The molecule has 25 heavy (non-hydrogen) atoms. The molecule has 0 spiro atoms. The minimum atomic E-state index is -0.142. The Kier molecular flexibility index (Phi) is 5.83. The molecule has 0 aliphatic carbocycles. The molecule has 4 heteroatoms. The van der Waals surface area contributed by atoms with Gasteiger partial charge in [0.1, 0.15) is 0 Å². The van der Waals surface area contributed by atoms with Crippen LogP contribution < -0.4 is 10.9 Å². The number of benzene rings is 1. The van der Waals surface area contributed by atoms with Gasteiger partial charge in [0, 0.05) is 23.4 Å². The highest BCUT2D eigenvalue weighted by Crippen LogP contribution is 2.25. The van der Waals surface area contributed by atoms with Gasteiger partial charge in [-0.1, -0.05) is 39.8 Å². The van der Waals surface area contributed by atoms with E-state index in [-0.39, 0.29) is 23.9 Å². The highest BCUT2D eigenvalue weighted by molar-refractivity contribution is 5.96. The summed E-state index contributed by atoms with van der Waals surface area (Å²) in [6, 6.07) is 7.94. The summed E-state index contributed by atoms with van der Waals surface area (Å²) in [6.07, 6.45) is 0. The van der Waals surface area contributed by atoms with E-state index >= 15 is 0 Å². The van der Waals surface area contributed by atoms with Gasteiger partial charge in [-0.25, -0.2) is 0 Å². The average molecular weight is 340 g/mol. The summed E-state index contributed by atoms with van der Waals surface area (Å²) in [5.41, 5.74) is 5.12. The third-order valence-corrected chi connectivity index (χ3v) is 4.53. The number of amides is 1. The first-order chi connectivity index (χ1) is 11.7. The Morgan fingerprint density at radius 2 is 1.76 bits per heavy atom. The molecule has 1 aromatic carbocycles. The van der Waals surface area contributed by atoms with Crippen LogP contribution in [0.4, 0.5) is 0 Å². The summed E-state index contributed by atoms with van der Waals surface area (Å²) < 4.78 is 0. The fourth-order valence-electron chi connectivity index (χ4n) is 2.99. The lowest BCUT2D eigenvalue weighted by atomic mass is 9.91. The van der Waals surface area contributed by atoms with E-state index in [1.165, 1.54) is 5.56 Å². The molecule has 0 aliphatic rings. The number of pyridine rings is 1. The van der Waals surface area contributed by atoms with Crippen molar-refractivity contribution in [1.29, 1.82) is 0 Å². The van der Waals surface area contributed by atoms with Crippen molar-refractivity contribution in [3.05, 3.63) is 68.1 Å². The Labute approximate surface area is 149 Å². The van der Waals surface area contributed by atoms with Gasteiger partial charge in [-0.05, 0) is 54.5 Å². The van der Waals surface area contributed by atoms with Crippen LogP contribution >= 0.6 is 0 Å². The summed E-state index contributed by atoms with van der Waals surface area (Å²) in [5.74, 6) is 0.533. The number of aromatic nitrogens is 1. The fourth-order valence-corrected chi connectivity index (χ4v) is 2.99. The van der Waals surface area contributed by atoms with E-state index in [2.05, 4.69) is 44.1 Å². The number of aromatic amines is 1. The molecule has 0 unspecified atom stereocenters. The van der Waals surface area contributed by atoms with E-state index in [0.717, 1.165) is 16.8 Å². The number of nitrogens with one attached hydrogen (secondary N) is 2. The summed E-state index contributed by atoms with van der Waals surface area (Å²) in [4.78, 5) is 27.6. The summed E-state index contributed by atoms with van der Waals surface area (Å²) >= 11 is 0. The molecule has 0 saturated heterocycles. The SMILES string of the molecule is Cc1cc(C)c(CNC(=O)c2ccc(C(C)C)cc2C(C)C)c(=O)[nH]1. The Hall–Kier alpha value is -2.36. The normalized spacial score (nSPS) is 11.2. The Bertz CT molecular complexity index is 832. The first-order valence-electron chi connectivity index (χ1n) is 8.82. The summed E-state index contributed by atoms with van der Waals surface area (Å²) in [6.45, 7) is 12.4. The van der Waals surface area contributed by atoms with E-state index in [1.54, 1.807) is 0 Å². The number of carbonyl (C=O) groups is 1. The number of rotatable bonds is 5. The molecule has 2 rings (SSSR count). The molecule has 0 saturated carbocycles. The number of hydrogen-bond donors (Lipinski definition) is 2. The van der Waals surface area contributed by atoms with E-state index in [0.29, 0.717) is 17.0 Å². The predicted molar refractivity (Wildman–Crippen MR) is 102 cm³/mol. The Balaban J connectivity index is 2.26. The lowest BCUT2D eigenvalue weighted by molar-refractivity contribution is 0.0949. The van der Waals surface area contributed by atoms with E-state index in [1.807, 2.05) is 32.0 Å². The van der Waals surface area contributed by atoms with Gasteiger partial charge >= 0.3 is 0 Å². The van der Waals surface area contributed by atoms with E-state index < -0.39 is 0 Å². The lowest BCUT2D eigenvalue weighted by Crippen LogP contribution is -2.28. The molecule has 1 heterocycles. The highest BCUT2D eigenvalue weighted by atomic mass is 16.1. The average Bonchev–Trinajstić information content (AvgIpc) is 2.52. The van der Waals surface area contributed by atoms with Crippen LogP contribution in [-0.4, -0.2) is 10.9 Å². The van der Waals surface area contributed by atoms with Crippen molar-refractivity contribution in [2.45, 2.75) is 59.9 Å². The number of carbonyl (C=O) groups excluding carboxylic acids is 1. The number of hydrogen-bond acceptors (Lipinski definition) is 2. The lowest BCUT2D eigenvalue weighted by Gasteiger charge is -2.16. The van der Waals surface area contributed by atoms with Gasteiger partial charge in [0.05, 0.1) is 0 Å². The highest BCUT2D eigenvalue weighted by Gasteiger charge is 2.16. The van der Waals surface area contributed by atoms with E-state index in [4.69, 9.17) is 0 Å². The van der Waals surface area contributed by atoms with Crippen LogP contribution in [0, 0.1) is 13.8 Å². The zero-order valence-corrected chi connectivity index (χ0v) is 16.0. The Morgan fingerprint density at radius 3 is 2.32 bits per heavy atom. The second kappa shape index (κ2) is 7.68. The van der Waals surface area contributed by atoms with Crippen molar-refractivity contribution >= 4 is 5.91 Å². The van der Waals surface area contributed by atoms with Crippen LogP contribution in [0.2, 0.25) is 0 Å². The molecule has 1 aromatic heterocycles. The molecular formula is C21H28N2O2. The molecule has 134 valence electrons. The van der Waals surface area contributed by atoms with Crippen LogP contribution in [0.15, 0.2) is 29.1 Å². The van der Waals surface area contributed by atoms with Crippen molar-refractivity contribution in [3.63, 3.8) is 0 Å². The quantitative estimate of drug-likeness (QED) is 0.858. The van der Waals surface area contributed by atoms with Crippen molar-refractivity contribution in [2.24, 2.45) is 0 Å². The molecule has 0 aliphatic heterocycles. The van der Waals surface area contributed by atoms with Crippen molar-refractivity contribution in [2.75, 3.05) is 0 Å². The first kappa shape index (κ1) is 19.0. The standard InChI is InChI=1S/C21H28N2O2/c1-12(2)16-7-8-17(18(10-16)13(3)4)20(24)22-11-19-14(5)9-15(6)23-21(19)25/h7-10,12-13H,11H2,1-6H3,(H,22,24)(H,23,25). The summed E-state index contributed by atoms with van der Waals surface area (Å²) in [5, 5.41) is 2.90. The van der Waals surface area contributed by atoms with Crippen LogP contribution in [-0.2, 0) is 6.54 Å². The van der Waals surface area contributed by atoms with Gasteiger partial charge in [-0.2, -0.15) is 0 Å². The van der Waals surface area contributed by atoms with Crippen molar-refractivity contribution in [3.8, 4) is 0 Å². The van der Waals surface area contributed by atoms with Crippen LogP contribution in [0.5, 0.6) is 0 Å². The zero-order chi connectivity index (χ0) is 18.7. The fraction of sp³-hybridized carbons (Fsp3) is 0.429. The molecule has 0 bridgehead atoms. The molecule has 1 amide bonds. The predicted octanol–water partition coefficient (Wildman–Crippen LogP) is 4.17. The number of H-pyrrole nitrogens is 1. The first-order valence-corrected chi connectivity index (χ1v) is 8.82. The molecule has 0 atom stereocenters. The zero-order valence-electron chi connectivity index (χ0n) is 16.0. The third-order valence-electron chi connectivity index (χ3n) is 4.53. The minimum Gasteiger partial charge on any atom is -0.348 e. The second-order valence-corrected chi connectivity index (χ2v) is 7.28. The van der Waals surface area contributed by atoms with Gasteiger partial charge in [0.2, 0.25) is 0 Å². The van der Waals surface area contributed by atoms with Crippen molar-refractivity contribution in [1.82, 2.24) is 10.3 Å². The summed E-state index contributed by atoms with van der Waals surface area (Å²) in [7, 11) is 0. The van der Waals surface area contributed by atoms with Crippen LogP contribution in [0.1, 0.15) is 77.8 Å². The molecule has 0 fully saturated rings. The minimum absolute atomic E-state index is 0.140. The maximum absolute atomic E-state index is 12.7. The monoisotopic (exact) mass is 340 g/mol. The van der Waals surface area contributed by atoms with Gasteiger partial charge < -0.3 is 10.3 Å². The maximum atomic E-state index is 12.7. The molecule has 2 N–H and O–H groups in total. The number of aryl methyl sites for hydroxylation is 2. The van der Waals surface area contributed by atoms with Crippen LogP contribution in [0.3, 0.4) is 0 Å². The smallest absolute Gasteiger partial charge is 0.253 e. The van der Waals surface area contributed by atoms with Gasteiger partial charge in [-0.3, -0.25) is 9.59 Å². The van der Waals surface area contributed by atoms with E-state index in [9.17, 15) is 9.59 Å². The van der Waals surface area contributed by atoms with Crippen LogP contribution in [0.25, 0.3) is 0 Å². The molecule has 4 nitrogen and oxygen atoms in total. The van der Waals surface area contributed by atoms with Gasteiger partial charge in [-0.15, -0.1) is 0 Å². The van der Waals surface area contributed by atoms with Crippen molar-refractivity contribution < 1.29 is 4.79 Å². The Morgan fingerprint density at radius 1 is 1.08 bits per heavy atom. The second-order valence-electron chi connectivity index (χ2n) is 7.28.